The third-order valence-electron chi connectivity index (χ3n) is 2.85. The highest BCUT2D eigenvalue weighted by Gasteiger charge is 2.22. The summed E-state index contributed by atoms with van der Waals surface area (Å²) in [6.45, 7) is 6.25. The molecule has 0 bridgehead atoms. The van der Waals surface area contributed by atoms with Gasteiger partial charge in [0.25, 0.3) is 0 Å². The molecule has 0 saturated heterocycles. The number of hydrogen-bond donors (Lipinski definition) is 1. The van der Waals surface area contributed by atoms with Gasteiger partial charge in [0.15, 0.2) is 0 Å². The van der Waals surface area contributed by atoms with Gasteiger partial charge in [-0.1, -0.05) is 12.8 Å². The van der Waals surface area contributed by atoms with E-state index in [1.54, 1.807) is 0 Å². The van der Waals surface area contributed by atoms with Crippen molar-refractivity contribution < 1.29 is 0 Å². The highest BCUT2D eigenvalue weighted by atomic mass is 15.2. The average Bonchev–Trinajstić information content (AvgIpc) is 2.58. The van der Waals surface area contributed by atoms with Gasteiger partial charge in [-0.25, -0.2) is 0 Å². The Balaban J connectivity index is 2.43. The standard InChI is InChI=1S/C10H20N2/c1-3-12(4-2)10(11)9-7-5-6-8-9/h9,11H,3-8H2,1-2H3. The summed E-state index contributed by atoms with van der Waals surface area (Å²) in [5.41, 5.74) is 0. The second kappa shape index (κ2) is 4.48. The van der Waals surface area contributed by atoms with Crippen LogP contribution in [0.3, 0.4) is 0 Å². The van der Waals surface area contributed by atoms with Crippen molar-refractivity contribution in [2.75, 3.05) is 13.1 Å². The first-order valence-electron chi connectivity index (χ1n) is 5.13. The fourth-order valence-corrected chi connectivity index (χ4v) is 2.02. The molecule has 1 aliphatic carbocycles. The van der Waals surface area contributed by atoms with E-state index in [0.29, 0.717) is 5.92 Å². The monoisotopic (exact) mass is 168 g/mol. The van der Waals surface area contributed by atoms with Crippen molar-refractivity contribution in [1.29, 1.82) is 5.41 Å². The molecule has 0 atom stereocenters. The van der Waals surface area contributed by atoms with Gasteiger partial charge in [0, 0.05) is 19.0 Å². The van der Waals surface area contributed by atoms with E-state index in [0.717, 1.165) is 18.9 Å². The summed E-state index contributed by atoms with van der Waals surface area (Å²) in [6.07, 6.45) is 5.15. The zero-order valence-electron chi connectivity index (χ0n) is 8.27. The van der Waals surface area contributed by atoms with E-state index < -0.39 is 0 Å². The molecule has 0 aliphatic heterocycles. The molecule has 2 heteroatoms. The molecule has 1 saturated carbocycles. The minimum absolute atomic E-state index is 0.574. The topological polar surface area (TPSA) is 27.1 Å². The fourth-order valence-electron chi connectivity index (χ4n) is 2.02. The molecular weight excluding hydrogens is 148 g/mol. The molecule has 0 aromatic heterocycles. The number of amidine groups is 1. The molecule has 0 aromatic rings. The zero-order valence-corrected chi connectivity index (χ0v) is 8.27. The Morgan fingerprint density at radius 1 is 1.25 bits per heavy atom. The number of nitrogens with one attached hydrogen (secondary N) is 1. The third kappa shape index (κ3) is 1.99. The molecule has 1 N–H and O–H groups in total. The van der Waals surface area contributed by atoms with Crippen molar-refractivity contribution in [1.82, 2.24) is 4.90 Å². The Labute approximate surface area is 75.5 Å². The lowest BCUT2D eigenvalue weighted by molar-refractivity contribution is 0.428. The lowest BCUT2D eigenvalue weighted by Gasteiger charge is -2.25. The summed E-state index contributed by atoms with van der Waals surface area (Å²) in [5, 5.41) is 7.97. The van der Waals surface area contributed by atoms with E-state index in [4.69, 9.17) is 5.41 Å². The first kappa shape index (κ1) is 9.56. The molecule has 12 heavy (non-hydrogen) atoms. The zero-order chi connectivity index (χ0) is 8.97. The molecule has 0 spiro atoms. The molecule has 2 nitrogen and oxygen atoms in total. The summed E-state index contributed by atoms with van der Waals surface area (Å²) in [5.74, 6) is 1.46. The van der Waals surface area contributed by atoms with E-state index >= 15 is 0 Å². The van der Waals surface area contributed by atoms with Crippen molar-refractivity contribution in [2.45, 2.75) is 39.5 Å². The molecule has 1 rings (SSSR count). The van der Waals surface area contributed by atoms with E-state index in [1.165, 1.54) is 25.7 Å². The van der Waals surface area contributed by atoms with Gasteiger partial charge in [0.2, 0.25) is 0 Å². The lowest BCUT2D eigenvalue weighted by atomic mass is 10.1. The Kier molecular flexibility index (Phi) is 3.57. The van der Waals surface area contributed by atoms with Gasteiger partial charge in [-0.3, -0.25) is 5.41 Å². The number of rotatable bonds is 3. The first-order valence-corrected chi connectivity index (χ1v) is 5.13. The molecular formula is C10H20N2. The average molecular weight is 168 g/mol. The summed E-state index contributed by atoms with van der Waals surface area (Å²) in [7, 11) is 0. The normalized spacial score (nSPS) is 18.2. The summed E-state index contributed by atoms with van der Waals surface area (Å²) in [6, 6.07) is 0. The Morgan fingerprint density at radius 3 is 2.17 bits per heavy atom. The van der Waals surface area contributed by atoms with Gasteiger partial charge in [-0.15, -0.1) is 0 Å². The maximum absolute atomic E-state index is 7.97. The molecule has 0 aromatic carbocycles. The maximum atomic E-state index is 7.97. The van der Waals surface area contributed by atoms with Crippen molar-refractivity contribution >= 4 is 5.84 Å². The number of hydrogen-bond acceptors (Lipinski definition) is 1. The van der Waals surface area contributed by atoms with Crippen LogP contribution in [-0.4, -0.2) is 23.8 Å². The molecule has 0 radical (unpaired) electrons. The van der Waals surface area contributed by atoms with E-state index in [2.05, 4.69) is 18.7 Å². The highest BCUT2D eigenvalue weighted by molar-refractivity contribution is 5.81. The van der Waals surface area contributed by atoms with Crippen LogP contribution in [0.25, 0.3) is 0 Å². The second-order valence-corrected chi connectivity index (χ2v) is 3.54. The molecule has 1 aliphatic rings. The Hall–Kier alpha value is -0.530. The summed E-state index contributed by atoms with van der Waals surface area (Å²) in [4.78, 5) is 2.18. The number of nitrogens with zero attached hydrogens (tertiary/aromatic N) is 1. The minimum atomic E-state index is 0.574. The molecule has 70 valence electrons. The predicted molar refractivity (Wildman–Crippen MR) is 52.6 cm³/mol. The van der Waals surface area contributed by atoms with E-state index in [1.807, 2.05) is 0 Å². The van der Waals surface area contributed by atoms with Crippen LogP contribution in [0.4, 0.5) is 0 Å². The quantitative estimate of drug-likeness (QED) is 0.508. The SMILES string of the molecule is CCN(CC)C(=N)C1CCCC1. The molecule has 0 unspecified atom stereocenters. The van der Waals surface area contributed by atoms with Gasteiger partial charge < -0.3 is 4.90 Å². The van der Waals surface area contributed by atoms with Gasteiger partial charge >= 0.3 is 0 Å². The van der Waals surface area contributed by atoms with Crippen LogP contribution < -0.4 is 0 Å². The largest absolute Gasteiger partial charge is 0.361 e. The molecule has 0 heterocycles. The molecule has 0 amide bonds. The Bertz CT molecular complexity index is 140. The van der Waals surface area contributed by atoms with Crippen LogP contribution >= 0.6 is 0 Å². The van der Waals surface area contributed by atoms with Crippen molar-refractivity contribution in [2.24, 2.45) is 5.92 Å². The minimum Gasteiger partial charge on any atom is -0.361 e. The Morgan fingerprint density at radius 2 is 1.75 bits per heavy atom. The smallest absolute Gasteiger partial charge is 0.0989 e. The van der Waals surface area contributed by atoms with Crippen molar-refractivity contribution in [3.05, 3.63) is 0 Å². The van der Waals surface area contributed by atoms with Gasteiger partial charge in [-0.05, 0) is 26.7 Å². The predicted octanol–water partition coefficient (Wildman–Crippen LogP) is 2.50. The first-order chi connectivity index (χ1) is 5.79. The van der Waals surface area contributed by atoms with Gasteiger partial charge in [-0.2, -0.15) is 0 Å². The van der Waals surface area contributed by atoms with E-state index in [9.17, 15) is 0 Å². The van der Waals surface area contributed by atoms with Crippen LogP contribution in [0.1, 0.15) is 39.5 Å². The van der Waals surface area contributed by atoms with Gasteiger partial charge in [0.1, 0.15) is 0 Å². The van der Waals surface area contributed by atoms with Crippen LogP contribution in [0.15, 0.2) is 0 Å². The van der Waals surface area contributed by atoms with Crippen LogP contribution in [0, 0.1) is 11.3 Å². The highest BCUT2D eigenvalue weighted by Crippen LogP contribution is 2.26. The van der Waals surface area contributed by atoms with E-state index in [-0.39, 0.29) is 0 Å². The van der Waals surface area contributed by atoms with Crippen molar-refractivity contribution in [3.8, 4) is 0 Å². The van der Waals surface area contributed by atoms with Gasteiger partial charge in [0.05, 0.1) is 5.84 Å². The third-order valence-corrected chi connectivity index (χ3v) is 2.85. The second-order valence-electron chi connectivity index (χ2n) is 3.54. The lowest BCUT2D eigenvalue weighted by Crippen LogP contribution is -2.34. The van der Waals surface area contributed by atoms with Crippen LogP contribution in [-0.2, 0) is 0 Å². The fraction of sp³-hybridized carbons (Fsp3) is 0.900. The molecule has 1 fully saturated rings. The summed E-state index contributed by atoms with van der Waals surface area (Å²) >= 11 is 0. The maximum Gasteiger partial charge on any atom is 0.0989 e. The van der Waals surface area contributed by atoms with Crippen molar-refractivity contribution in [3.63, 3.8) is 0 Å². The van der Waals surface area contributed by atoms with Crippen LogP contribution in [0.2, 0.25) is 0 Å². The van der Waals surface area contributed by atoms with Crippen LogP contribution in [0.5, 0.6) is 0 Å². The summed E-state index contributed by atoms with van der Waals surface area (Å²) < 4.78 is 0.